The van der Waals surface area contributed by atoms with E-state index in [0.29, 0.717) is 6.54 Å². The predicted octanol–water partition coefficient (Wildman–Crippen LogP) is 0.324. The third kappa shape index (κ3) is 2.61. The first kappa shape index (κ1) is 14.0. The Bertz CT molecular complexity index is 588. The lowest BCUT2D eigenvalue weighted by Gasteiger charge is -2.31. The molecule has 1 aliphatic heterocycles. The Morgan fingerprint density at radius 2 is 2.00 bits per heavy atom. The lowest BCUT2D eigenvalue weighted by Crippen LogP contribution is -2.52. The number of benzene rings is 1. The fraction of sp³-hybridized carbons (Fsp3) is 0.308. The molecule has 0 unspecified atom stereocenters. The first-order valence-corrected chi connectivity index (χ1v) is 5.96. The van der Waals surface area contributed by atoms with Crippen LogP contribution in [0.1, 0.15) is 15.9 Å². The number of piperazine rings is 1. The van der Waals surface area contributed by atoms with Crippen LogP contribution >= 0.6 is 0 Å². The van der Waals surface area contributed by atoms with Gasteiger partial charge in [-0.3, -0.25) is 9.59 Å². The van der Waals surface area contributed by atoms with Gasteiger partial charge in [-0.05, 0) is 18.2 Å². The van der Waals surface area contributed by atoms with Crippen LogP contribution in [0.4, 0.5) is 4.39 Å². The maximum Gasteiger partial charge on any atom is 0.335 e. The van der Waals surface area contributed by atoms with Crippen molar-refractivity contribution in [3.63, 3.8) is 0 Å². The molecule has 1 aromatic carbocycles. The summed E-state index contributed by atoms with van der Waals surface area (Å²) in [5.41, 5.74) is 0.0184. The van der Waals surface area contributed by atoms with E-state index in [1.54, 1.807) is 0 Å². The smallest absolute Gasteiger partial charge is 0.335 e. The highest BCUT2D eigenvalue weighted by molar-refractivity contribution is 6.35. The van der Waals surface area contributed by atoms with Gasteiger partial charge in [0.25, 0.3) is 0 Å². The van der Waals surface area contributed by atoms with Crippen molar-refractivity contribution in [2.75, 3.05) is 20.1 Å². The number of aromatic carboxylic acids is 1. The third-order valence-corrected chi connectivity index (χ3v) is 3.18. The van der Waals surface area contributed by atoms with Crippen molar-refractivity contribution in [1.82, 2.24) is 9.80 Å². The Morgan fingerprint density at radius 3 is 2.65 bits per heavy atom. The topological polar surface area (TPSA) is 77.9 Å². The van der Waals surface area contributed by atoms with Crippen LogP contribution in [-0.2, 0) is 16.1 Å². The lowest BCUT2D eigenvalue weighted by atomic mass is 10.1. The summed E-state index contributed by atoms with van der Waals surface area (Å²) in [6.07, 6.45) is 0. The van der Waals surface area contributed by atoms with Gasteiger partial charge >= 0.3 is 17.8 Å². The molecule has 0 aromatic heterocycles. The van der Waals surface area contributed by atoms with E-state index in [2.05, 4.69) is 0 Å². The highest BCUT2D eigenvalue weighted by atomic mass is 19.1. The zero-order valence-corrected chi connectivity index (χ0v) is 10.8. The highest BCUT2D eigenvalue weighted by Gasteiger charge is 2.30. The standard InChI is InChI=1S/C13H13FN2O4/c1-15-4-5-16(12(18)11(15)17)7-9-6-8(13(19)20)2-3-10(9)14/h2-3,6H,4-5,7H2,1H3,(H,19,20). The van der Waals surface area contributed by atoms with Crippen LogP contribution in [0.15, 0.2) is 18.2 Å². The number of hydrogen-bond acceptors (Lipinski definition) is 3. The van der Waals surface area contributed by atoms with Crippen LogP contribution in [-0.4, -0.2) is 52.8 Å². The van der Waals surface area contributed by atoms with Crippen molar-refractivity contribution < 1.29 is 23.9 Å². The Labute approximate surface area is 114 Å². The van der Waals surface area contributed by atoms with E-state index in [1.165, 1.54) is 22.9 Å². The summed E-state index contributed by atoms with van der Waals surface area (Å²) in [5.74, 6) is -3.13. The summed E-state index contributed by atoms with van der Waals surface area (Å²) < 4.78 is 13.7. The Balaban J connectivity index is 2.22. The summed E-state index contributed by atoms with van der Waals surface area (Å²) in [4.78, 5) is 36.7. The maximum absolute atomic E-state index is 13.7. The minimum Gasteiger partial charge on any atom is -0.478 e. The van der Waals surface area contributed by atoms with Crippen LogP contribution in [0.3, 0.4) is 0 Å². The van der Waals surface area contributed by atoms with E-state index >= 15 is 0 Å². The molecule has 106 valence electrons. The molecule has 0 bridgehead atoms. The molecule has 2 rings (SSSR count). The van der Waals surface area contributed by atoms with Gasteiger partial charge in [-0.2, -0.15) is 0 Å². The summed E-state index contributed by atoms with van der Waals surface area (Å²) in [6.45, 7) is 0.536. The molecule has 1 aromatic rings. The van der Waals surface area contributed by atoms with Gasteiger partial charge in [0.2, 0.25) is 0 Å². The second kappa shape index (κ2) is 5.28. The number of carboxylic acids is 1. The molecule has 0 radical (unpaired) electrons. The van der Waals surface area contributed by atoms with E-state index in [-0.39, 0.29) is 24.2 Å². The fourth-order valence-corrected chi connectivity index (χ4v) is 1.96. The summed E-state index contributed by atoms with van der Waals surface area (Å²) >= 11 is 0. The lowest BCUT2D eigenvalue weighted by molar-refractivity contribution is -0.155. The molecule has 6 nitrogen and oxygen atoms in total. The van der Waals surface area contributed by atoms with Gasteiger partial charge in [-0.15, -0.1) is 0 Å². The molecular formula is C13H13FN2O4. The number of carbonyl (C=O) groups is 3. The molecule has 0 spiro atoms. The first-order chi connectivity index (χ1) is 9.40. The van der Waals surface area contributed by atoms with Crippen molar-refractivity contribution in [3.8, 4) is 0 Å². The van der Waals surface area contributed by atoms with Gasteiger partial charge in [0.05, 0.1) is 5.56 Å². The molecule has 1 fully saturated rings. The quantitative estimate of drug-likeness (QED) is 0.809. The molecule has 0 atom stereocenters. The zero-order valence-electron chi connectivity index (χ0n) is 10.8. The summed E-state index contributed by atoms with van der Waals surface area (Å²) in [7, 11) is 1.52. The number of rotatable bonds is 3. The van der Waals surface area contributed by atoms with E-state index in [4.69, 9.17) is 5.11 Å². The SMILES string of the molecule is CN1CCN(Cc2cc(C(=O)O)ccc2F)C(=O)C1=O. The van der Waals surface area contributed by atoms with Gasteiger partial charge in [0, 0.05) is 32.2 Å². The molecule has 1 aliphatic rings. The third-order valence-electron chi connectivity index (χ3n) is 3.18. The molecule has 0 saturated carbocycles. The van der Waals surface area contributed by atoms with Gasteiger partial charge < -0.3 is 14.9 Å². The van der Waals surface area contributed by atoms with Crippen molar-refractivity contribution in [1.29, 1.82) is 0 Å². The average Bonchev–Trinajstić information content (AvgIpc) is 2.41. The number of nitrogens with zero attached hydrogens (tertiary/aromatic N) is 2. The van der Waals surface area contributed by atoms with Crippen LogP contribution in [0.5, 0.6) is 0 Å². The minimum absolute atomic E-state index is 0.0608. The molecular weight excluding hydrogens is 267 g/mol. The van der Waals surface area contributed by atoms with E-state index in [0.717, 1.165) is 12.1 Å². The monoisotopic (exact) mass is 280 g/mol. The predicted molar refractivity (Wildman–Crippen MR) is 66.4 cm³/mol. The van der Waals surface area contributed by atoms with Crippen molar-refractivity contribution in [2.45, 2.75) is 6.54 Å². The Morgan fingerprint density at radius 1 is 1.30 bits per heavy atom. The number of likely N-dealkylation sites (N-methyl/N-ethyl adjacent to an activating group) is 1. The zero-order chi connectivity index (χ0) is 14.9. The number of amides is 2. The van der Waals surface area contributed by atoms with Crippen LogP contribution < -0.4 is 0 Å². The summed E-state index contributed by atoms with van der Waals surface area (Å²) in [6, 6.07) is 3.37. The number of hydrogen-bond donors (Lipinski definition) is 1. The van der Waals surface area contributed by atoms with Crippen LogP contribution in [0.2, 0.25) is 0 Å². The largest absolute Gasteiger partial charge is 0.478 e. The van der Waals surface area contributed by atoms with Crippen molar-refractivity contribution >= 4 is 17.8 Å². The molecule has 0 aliphatic carbocycles. The number of halogens is 1. The number of carbonyl (C=O) groups excluding carboxylic acids is 2. The highest BCUT2D eigenvalue weighted by Crippen LogP contribution is 2.15. The van der Waals surface area contributed by atoms with Crippen molar-refractivity contribution in [3.05, 3.63) is 35.1 Å². The normalized spacial score (nSPS) is 15.7. The molecule has 7 heteroatoms. The number of carboxylic acid groups (broad SMARTS) is 1. The first-order valence-electron chi connectivity index (χ1n) is 5.96. The molecule has 1 saturated heterocycles. The Kier molecular flexibility index (Phi) is 3.69. The van der Waals surface area contributed by atoms with Gasteiger partial charge in [0.15, 0.2) is 0 Å². The minimum atomic E-state index is -1.17. The van der Waals surface area contributed by atoms with Gasteiger partial charge in [0.1, 0.15) is 5.82 Å². The van der Waals surface area contributed by atoms with Crippen molar-refractivity contribution in [2.24, 2.45) is 0 Å². The molecule has 1 N–H and O–H groups in total. The maximum atomic E-state index is 13.7. The Hall–Kier alpha value is -2.44. The summed E-state index contributed by atoms with van der Waals surface area (Å²) in [5, 5.41) is 8.87. The van der Waals surface area contributed by atoms with Crippen LogP contribution in [0, 0.1) is 5.82 Å². The van der Waals surface area contributed by atoms with Crippen LogP contribution in [0.25, 0.3) is 0 Å². The molecule has 1 heterocycles. The fourth-order valence-electron chi connectivity index (χ4n) is 1.96. The second-order valence-electron chi connectivity index (χ2n) is 4.56. The van der Waals surface area contributed by atoms with Gasteiger partial charge in [-0.25, -0.2) is 9.18 Å². The second-order valence-corrected chi connectivity index (χ2v) is 4.56. The van der Waals surface area contributed by atoms with E-state index in [1.807, 2.05) is 0 Å². The van der Waals surface area contributed by atoms with E-state index in [9.17, 15) is 18.8 Å². The molecule has 20 heavy (non-hydrogen) atoms. The average molecular weight is 280 g/mol. The van der Waals surface area contributed by atoms with Gasteiger partial charge in [-0.1, -0.05) is 0 Å². The molecule has 2 amide bonds. The van der Waals surface area contributed by atoms with E-state index < -0.39 is 23.6 Å².